The molecule has 0 bridgehead atoms. The predicted octanol–water partition coefficient (Wildman–Crippen LogP) is 13.7. The lowest BCUT2D eigenvalue weighted by Crippen LogP contribution is -1.96. The number of para-hydroxylation sites is 2. The van der Waals surface area contributed by atoms with Gasteiger partial charge in [0.1, 0.15) is 0 Å². The van der Waals surface area contributed by atoms with Gasteiger partial charge in [-0.05, 0) is 85.9 Å². The number of rotatable bonds is 5. The number of hydrogen-bond acceptors (Lipinski definition) is 2. The van der Waals surface area contributed by atoms with Crippen LogP contribution in [0.1, 0.15) is 0 Å². The van der Waals surface area contributed by atoms with Gasteiger partial charge in [0.2, 0.25) is 0 Å². The van der Waals surface area contributed by atoms with Gasteiger partial charge in [-0.3, -0.25) is 0 Å². The third kappa shape index (κ3) is 5.20. The van der Waals surface area contributed by atoms with E-state index in [9.17, 15) is 0 Å². The van der Waals surface area contributed by atoms with Gasteiger partial charge in [-0.2, -0.15) is 0 Å². The molecule has 3 nitrogen and oxygen atoms in total. The maximum Gasteiger partial charge on any atom is 0.160 e. The number of hydrogen-bond donors (Lipinski definition) is 0. The van der Waals surface area contributed by atoms with Crippen LogP contribution in [0.2, 0.25) is 0 Å². The lowest BCUT2D eigenvalue weighted by Gasteiger charge is -2.14. The van der Waals surface area contributed by atoms with Gasteiger partial charge in [0.05, 0.1) is 22.4 Å². The fraction of sp³-hybridized carbons (Fsp3) is 0. The molecular formula is C52H33N3. The molecule has 256 valence electrons. The zero-order chi connectivity index (χ0) is 36.3. The van der Waals surface area contributed by atoms with Gasteiger partial charge >= 0.3 is 0 Å². The quantitative estimate of drug-likeness (QED) is 0.167. The van der Waals surface area contributed by atoms with Gasteiger partial charge in [0.15, 0.2) is 5.82 Å². The van der Waals surface area contributed by atoms with Crippen LogP contribution in [-0.2, 0) is 0 Å². The molecule has 0 fully saturated rings. The number of aromatic nitrogens is 3. The monoisotopic (exact) mass is 699 g/mol. The number of nitrogens with zero attached hydrogens (tertiary/aromatic N) is 3. The van der Waals surface area contributed by atoms with Gasteiger partial charge < -0.3 is 4.57 Å². The third-order valence-electron chi connectivity index (χ3n) is 11.0. The van der Waals surface area contributed by atoms with E-state index in [2.05, 4.69) is 180 Å². The van der Waals surface area contributed by atoms with E-state index in [1.54, 1.807) is 0 Å². The highest BCUT2D eigenvalue weighted by Crippen LogP contribution is 2.42. The molecule has 0 aliphatic rings. The molecule has 0 unspecified atom stereocenters. The maximum absolute atomic E-state index is 5.21. The van der Waals surface area contributed by atoms with E-state index in [-0.39, 0.29) is 0 Å². The Morgan fingerprint density at radius 2 is 0.764 bits per heavy atom. The lowest BCUT2D eigenvalue weighted by molar-refractivity contribution is 1.18. The minimum Gasteiger partial charge on any atom is -0.309 e. The van der Waals surface area contributed by atoms with Gasteiger partial charge in [0, 0.05) is 33.2 Å². The van der Waals surface area contributed by atoms with Crippen LogP contribution in [0.3, 0.4) is 0 Å². The van der Waals surface area contributed by atoms with Crippen molar-refractivity contribution in [3.63, 3.8) is 0 Å². The fourth-order valence-corrected chi connectivity index (χ4v) is 8.35. The second kappa shape index (κ2) is 12.6. The van der Waals surface area contributed by atoms with Crippen molar-refractivity contribution in [1.82, 2.24) is 14.5 Å². The highest BCUT2D eigenvalue weighted by Gasteiger charge is 2.18. The first kappa shape index (κ1) is 31.2. The first-order valence-electron chi connectivity index (χ1n) is 18.7. The van der Waals surface area contributed by atoms with Crippen LogP contribution >= 0.6 is 0 Å². The van der Waals surface area contributed by atoms with Gasteiger partial charge in [0.25, 0.3) is 0 Å². The fourth-order valence-electron chi connectivity index (χ4n) is 8.35. The number of fused-ring (bicyclic) bond motifs is 9. The summed E-state index contributed by atoms with van der Waals surface area (Å²) in [7, 11) is 0. The summed E-state index contributed by atoms with van der Waals surface area (Å²) in [6.07, 6.45) is 0. The first-order valence-corrected chi connectivity index (χ1v) is 18.7. The van der Waals surface area contributed by atoms with Gasteiger partial charge in [-0.25, -0.2) is 9.97 Å². The van der Waals surface area contributed by atoms with Crippen molar-refractivity contribution >= 4 is 54.1 Å². The summed E-state index contributed by atoms with van der Waals surface area (Å²) in [6, 6.07) is 71.5. The van der Waals surface area contributed by atoms with Gasteiger partial charge in [-0.15, -0.1) is 0 Å². The molecule has 0 aliphatic carbocycles. The molecule has 0 N–H and O–H groups in total. The first-order chi connectivity index (χ1) is 27.3. The highest BCUT2D eigenvalue weighted by molar-refractivity contribution is 6.29. The summed E-state index contributed by atoms with van der Waals surface area (Å²) >= 11 is 0. The van der Waals surface area contributed by atoms with Crippen molar-refractivity contribution in [2.45, 2.75) is 0 Å². The molecular weight excluding hydrogens is 667 g/mol. The summed E-state index contributed by atoms with van der Waals surface area (Å²) < 4.78 is 2.40. The Balaban J connectivity index is 1.13. The largest absolute Gasteiger partial charge is 0.309 e. The van der Waals surface area contributed by atoms with E-state index in [1.165, 1.54) is 65.3 Å². The SMILES string of the molecule is c1ccc(-c2ccc(-c3cc(-c4ccc5c(c4)c4ccccc4c4cc6c(cc54)c4ccccc4n6-c4ccccc4)nc(-c4ccccc4)n3)cc2)cc1. The van der Waals surface area contributed by atoms with Crippen LogP contribution in [0.4, 0.5) is 0 Å². The van der Waals surface area contributed by atoms with Crippen LogP contribution < -0.4 is 0 Å². The molecule has 2 heterocycles. The van der Waals surface area contributed by atoms with Crippen molar-refractivity contribution < 1.29 is 0 Å². The van der Waals surface area contributed by atoms with Crippen LogP contribution in [0.25, 0.3) is 105 Å². The predicted molar refractivity (Wildman–Crippen MR) is 231 cm³/mol. The zero-order valence-electron chi connectivity index (χ0n) is 29.9. The number of benzene rings is 9. The maximum atomic E-state index is 5.21. The Hall–Kier alpha value is -7.36. The summed E-state index contributed by atoms with van der Waals surface area (Å²) in [4.78, 5) is 10.3. The van der Waals surface area contributed by atoms with E-state index in [0.717, 1.165) is 33.8 Å². The molecule has 55 heavy (non-hydrogen) atoms. The molecule has 9 aromatic carbocycles. The lowest BCUT2D eigenvalue weighted by atomic mass is 9.91. The van der Waals surface area contributed by atoms with Gasteiger partial charge in [-0.1, -0.05) is 158 Å². The molecule has 3 heteroatoms. The topological polar surface area (TPSA) is 30.7 Å². The van der Waals surface area contributed by atoms with Crippen molar-refractivity contribution in [2.75, 3.05) is 0 Å². The van der Waals surface area contributed by atoms with Crippen LogP contribution in [0, 0.1) is 0 Å². The smallest absolute Gasteiger partial charge is 0.160 e. The highest BCUT2D eigenvalue weighted by atomic mass is 15.0. The van der Waals surface area contributed by atoms with E-state index in [4.69, 9.17) is 9.97 Å². The zero-order valence-corrected chi connectivity index (χ0v) is 29.9. The summed E-state index contributed by atoms with van der Waals surface area (Å²) in [5.41, 5.74) is 10.8. The van der Waals surface area contributed by atoms with E-state index >= 15 is 0 Å². The Morgan fingerprint density at radius 1 is 0.273 bits per heavy atom. The van der Waals surface area contributed by atoms with Crippen LogP contribution in [0.5, 0.6) is 0 Å². The Kier molecular flexibility index (Phi) is 7.17. The Morgan fingerprint density at radius 3 is 1.47 bits per heavy atom. The van der Waals surface area contributed by atoms with Crippen molar-refractivity contribution in [3.8, 4) is 50.7 Å². The molecule has 0 saturated carbocycles. The second-order valence-electron chi connectivity index (χ2n) is 14.2. The van der Waals surface area contributed by atoms with Crippen molar-refractivity contribution in [2.24, 2.45) is 0 Å². The Labute approximate surface area is 318 Å². The normalized spacial score (nSPS) is 11.6. The molecule has 11 aromatic rings. The average molecular weight is 700 g/mol. The summed E-state index contributed by atoms with van der Waals surface area (Å²) in [6.45, 7) is 0. The second-order valence-corrected chi connectivity index (χ2v) is 14.2. The van der Waals surface area contributed by atoms with E-state index in [1.807, 2.05) is 24.3 Å². The minimum absolute atomic E-state index is 0.709. The molecule has 2 aromatic heterocycles. The summed E-state index contributed by atoms with van der Waals surface area (Å²) in [5, 5.41) is 9.89. The molecule has 0 spiro atoms. The van der Waals surface area contributed by atoms with Crippen LogP contribution in [-0.4, -0.2) is 14.5 Å². The van der Waals surface area contributed by atoms with Crippen molar-refractivity contribution in [1.29, 1.82) is 0 Å². The minimum atomic E-state index is 0.709. The summed E-state index contributed by atoms with van der Waals surface area (Å²) in [5.74, 6) is 0.709. The third-order valence-corrected chi connectivity index (χ3v) is 11.0. The molecule has 11 rings (SSSR count). The molecule has 0 atom stereocenters. The Bertz CT molecular complexity index is 3220. The van der Waals surface area contributed by atoms with Crippen LogP contribution in [0.15, 0.2) is 200 Å². The van der Waals surface area contributed by atoms with Crippen molar-refractivity contribution in [3.05, 3.63) is 200 Å². The molecule has 0 radical (unpaired) electrons. The molecule has 0 saturated heterocycles. The standard InChI is InChI=1S/C52H33N3/c1-4-14-34(15-5-1)35-24-26-36(27-25-35)48-33-49(54-52(53-48)37-16-6-2-7-17-37)38-28-29-42-44(30-38)40-20-10-11-21-41(40)46-32-51-47(31-45(42)46)43-22-12-13-23-50(43)55(51)39-18-8-3-9-19-39/h1-33H. The van der Waals surface area contributed by atoms with E-state index in [0.29, 0.717) is 5.82 Å². The molecule has 0 aliphatic heterocycles. The molecule has 0 amide bonds. The average Bonchev–Trinajstić information content (AvgIpc) is 3.60. The van der Waals surface area contributed by atoms with E-state index < -0.39 is 0 Å².